The Bertz CT molecular complexity index is 3010. The zero-order chi connectivity index (χ0) is 33.1. The minimum absolute atomic E-state index is 0.108. The van der Waals surface area contributed by atoms with Gasteiger partial charge < -0.3 is 4.42 Å². The van der Waals surface area contributed by atoms with Gasteiger partial charge in [0.2, 0.25) is 0 Å². The summed E-state index contributed by atoms with van der Waals surface area (Å²) in [5.74, 6) is 0. The molecule has 1 heterocycles. The van der Waals surface area contributed by atoms with Gasteiger partial charge in [-0.15, -0.1) is 0 Å². The standard InChI is InChI=1S/C49H32O/c1-49(2)41-22-12-11-21-38(41)47-33-16-6-5-15-32(33)39(28-42(47)49)46-36-19-9-7-17-34(36)45(35-18-8-10-20-37(35)46)30-24-25-43-40(27-30)48-31-14-4-3-13-29(31)23-26-44(48)50-43/h3-28H,1-2H3. The summed E-state index contributed by atoms with van der Waals surface area (Å²) in [6.45, 7) is 4.77. The summed E-state index contributed by atoms with van der Waals surface area (Å²) >= 11 is 0. The lowest BCUT2D eigenvalue weighted by atomic mass is 9.79. The zero-order valence-corrected chi connectivity index (χ0v) is 27.9. The molecule has 1 heteroatoms. The molecule has 0 unspecified atom stereocenters. The van der Waals surface area contributed by atoms with E-state index in [1.54, 1.807) is 0 Å². The van der Waals surface area contributed by atoms with Gasteiger partial charge in [0.05, 0.1) is 0 Å². The van der Waals surface area contributed by atoms with E-state index >= 15 is 0 Å². The van der Waals surface area contributed by atoms with Gasteiger partial charge in [0, 0.05) is 16.2 Å². The van der Waals surface area contributed by atoms with E-state index in [2.05, 4.69) is 172 Å². The highest BCUT2D eigenvalue weighted by Gasteiger charge is 2.37. The smallest absolute Gasteiger partial charge is 0.136 e. The van der Waals surface area contributed by atoms with Gasteiger partial charge in [0.25, 0.3) is 0 Å². The van der Waals surface area contributed by atoms with Crippen molar-refractivity contribution in [1.29, 1.82) is 0 Å². The number of rotatable bonds is 2. The summed E-state index contributed by atoms with van der Waals surface area (Å²) in [6.07, 6.45) is 0. The van der Waals surface area contributed by atoms with Gasteiger partial charge >= 0.3 is 0 Å². The Hall–Kier alpha value is -6.18. The van der Waals surface area contributed by atoms with Gasteiger partial charge in [-0.2, -0.15) is 0 Å². The van der Waals surface area contributed by atoms with E-state index in [1.807, 2.05) is 0 Å². The van der Waals surface area contributed by atoms with Gasteiger partial charge in [-0.05, 0) is 112 Å². The Kier molecular flexibility index (Phi) is 5.51. The van der Waals surface area contributed by atoms with Crippen molar-refractivity contribution in [3.63, 3.8) is 0 Å². The number of hydrogen-bond donors (Lipinski definition) is 0. The predicted octanol–water partition coefficient (Wildman–Crippen LogP) is 13.8. The van der Waals surface area contributed by atoms with Crippen molar-refractivity contribution in [2.24, 2.45) is 0 Å². The minimum Gasteiger partial charge on any atom is -0.456 e. The lowest BCUT2D eigenvalue weighted by molar-refractivity contribution is 0.661. The fourth-order valence-corrected chi connectivity index (χ4v) is 9.19. The van der Waals surface area contributed by atoms with E-state index in [1.165, 1.54) is 93.0 Å². The topological polar surface area (TPSA) is 13.1 Å². The molecule has 0 aliphatic heterocycles. The molecular weight excluding hydrogens is 605 g/mol. The molecule has 234 valence electrons. The molecule has 1 nitrogen and oxygen atoms in total. The second-order valence-corrected chi connectivity index (χ2v) is 14.4. The summed E-state index contributed by atoms with van der Waals surface area (Å²) in [5.41, 5.74) is 12.3. The van der Waals surface area contributed by atoms with Crippen molar-refractivity contribution in [2.75, 3.05) is 0 Å². The molecule has 50 heavy (non-hydrogen) atoms. The quantitative estimate of drug-likeness (QED) is 0.172. The molecule has 0 saturated heterocycles. The summed E-state index contributed by atoms with van der Waals surface area (Å²) in [7, 11) is 0. The number of hydrogen-bond acceptors (Lipinski definition) is 1. The summed E-state index contributed by atoms with van der Waals surface area (Å²) < 4.78 is 6.42. The largest absolute Gasteiger partial charge is 0.456 e. The monoisotopic (exact) mass is 636 g/mol. The van der Waals surface area contributed by atoms with Crippen LogP contribution >= 0.6 is 0 Å². The third kappa shape index (κ3) is 3.62. The minimum atomic E-state index is -0.108. The molecule has 1 aliphatic rings. The molecule has 1 aromatic heterocycles. The Labute approximate surface area is 290 Å². The molecule has 0 N–H and O–H groups in total. The van der Waals surface area contributed by atoms with Crippen molar-refractivity contribution in [2.45, 2.75) is 19.3 Å². The maximum absolute atomic E-state index is 6.42. The van der Waals surface area contributed by atoms with Crippen LogP contribution in [0.3, 0.4) is 0 Å². The number of benzene rings is 9. The van der Waals surface area contributed by atoms with Gasteiger partial charge in [-0.1, -0.05) is 147 Å². The van der Waals surface area contributed by atoms with Crippen LogP contribution in [0.1, 0.15) is 25.0 Å². The molecule has 0 saturated carbocycles. The zero-order valence-electron chi connectivity index (χ0n) is 27.9. The number of furan rings is 1. The fourth-order valence-electron chi connectivity index (χ4n) is 9.19. The molecule has 0 spiro atoms. The molecular formula is C49H32O. The van der Waals surface area contributed by atoms with E-state index in [0.29, 0.717) is 0 Å². The van der Waals surface area contributed by atoms with E-state index in [-0.39, 0.29) is 5.41 Å². The summed E-state index contributed by atoms with van der Waals surface area (Å²) in [5, 5.41) is 12.4. The van der Waals surface area contributed by atoms with Crippen LogP contribution in [0, 0.1) is 0 Å². The molecule has 9 aromatic carbocycles. The highest BCUT2D eigenvalue weighted by Crippen LogP contribution is 2.55. The molecule has 0 fully saturated rings. The first-order chi connectivity index (χ1) is 24.6. The third-order valence-electron chi connectivity index (χ3n) is 11.4. The normalized spacial score (nSPS) is 13.6. The molecule has 0 radical (unpaired) electrons. The van der Waals surface area contributed by atoms with E-state index in [4.69, 9.17) is 4.42 Å². The highest BCUT2D eigenvalue weighted by molar-refractivity contribution is 6.26. The lowest BCUT2D eigenvalue weighted by Gasteiger charge is -2.24. The van der Waals surface area contributed by atoms with Gasteiger partial charge in [-0.3, -0.25) is 0 Å². The van der Waals surface area contributed by atoms with E-state index in [0.717, 1.165) is 16.6 Å². The molecule has 11 rings (SSSR count). The third-order valence-corrected chi connectivity index (χ3v) is 11.4. The van der Waals surface area contributed by atoms with Crippen LogP contribution in [0.15, 0.2) is 162 Å². The SMILES string of the molecule is CC1(C)c2ccccc2-c2c1cc(-c1c3ccccc3c(-c3ccc4oc5ccc6ccccc6c5c4c3)c3ccccc13)c1ccccc21. The van der Waals surface area contributed by atoms with Gasteiger partial charge in [0.15, 0.2) is 0 Å². The highest BCUT2D eigenvalue weighted by atomic mass is 16.3. The maximum Gasteiger partial charge on any atom is 0.136 e. The Morgan fingerprint density at radius 3 is 1.66 bits per heavy atom. The summed E-state index contributed by atoms with van der Waals surface area (Å²) in [4.78, 5) is 0. The van der Waals surface area contributed by atoms with Crippen molar-refractivity contribution < 1.29 is 4.42 Å². The first-order valence-corrected chi connectivity index (χ1v) is 17.5. The second kappa shape index (κ2) is 9.94. The van der Waals surface area contributed by atoms with Crippen molar-refractivity contribution in [1.82, 2.24) is 0 Å². The van der Waals surface area contributed by atoms with Gasteiger partial charge in [-0.25, -0.2) is 0 Å². The first kappa shape index (κ1) is 27.7. The average molecular weight is 637 g/mol. The van der Waals surface area contributed by atoms with Crippen LogP contribution in [-0.4, -0.2) is 0 Å². The molecule has 0 amide bonds. The second-order valence-electron chi connectivity index (χ2n) is 14.4. The average Bonchev–Trinajstić information content (AvgIpc) is 3.65. The van der Waals surface area contributed by atoms with E-state index in [9.17, 15) is 0 Å². The number of fused-ring (bicyclic) bond motifs is 12. The van der Waals surface area contributed by atoms with Crippen LogP contribution in [0.25, 0.3) is 98.4 Å². The maximum atomic E-state index is 6.42. The Morgan fingerprint density at radius 2 is 0.940 bits per heavy atom. The van der Waals surface area contributed by atoms with Crippen LogP contribution < -0.4 is 0 Å². The lowest BCUT2D eigenvalue weighted by Crippen LogP contribution is -2.15. The first-order valence-electron chi connectivity index (χ1n) is 17.5. The Morgan fingerprint density at radius 1 is 0.380 bits per heavy atom. The van der Waals surface area contributed by atoms with Crippen molar-refractivity contribution in [3.05, 3.63) is 169 Å². The van der Waals surface area contributed by atoms with Crippen LogP contribution in [0.2, 0.25) is 0 Å². The predicted molar refractivity (Wildman–Crippen MR) is 212 cm³/mol. The molecule has 0 atom stereocenters. The fraction of sp³-hybridized carbons (Fsp3) is 0.0612. The van der Waals surface area contributed by atoms with Crippen LogP contribution in [-0.2, 0) is 5.41 Å². The Balaban J connectivity index is 1.25. The van der Waals surface area contributed by atoms with Crippen LogP contribution in [0.5, 0.6) is 0 Å². The van der Waals surface area contributed by atoms with Crippen LogP contribution in [0.4, 0.5) is 0 Å². The van der Waals surface area contributed by atoms with Crippen molar-refractivity contribution >= 4 is 65.0 Å². The van der Waals surface area contributed by atoms with Gasteiger partial charge in [0.1, 0.15) is 11.2 Å². The van der Waals surface area contributed by atoms with E-state index < -0.39 is 0 Å². The molecule has 1 aliphatic carbocycles. The summed E-state index contributed by atoms with van der Waals surface area (Å²) in [6, 6.07) is 58.2. The molecule has 10 aromatic rings. The molecule has 0 bridgehead atoms. The van der Waals surface area contributed by atoms with Crippen molar-refractivity contribution in [3.8, 4) is 33.4 Å².